The van der Waals surface area contributed by atoms with Crippen LogP contribution in [0, 0.1) is 0 Å². The minimum absolute atomic E-state index is 0.211. The second-order valence-electron chi connectivity index (χ2n) is 12.1. The lowest BCUT2D eigenvalue weighted by molar-refractivity contribution is -0.115. The Hall–Kier alpha value is -6.56. The summed E-state index contributed by atoms with van der Waals surface area (Å²) in [6.45, 7) is 0. The summed E-state index contributed by atoms with van der Waals surface area (Å²) in [5, 5.41) is 9.30. The Labute approximate surface area is 304 Å². The van der Waals surface area contributed by atoms with E-state index in [1.165, 1.54) is 16.7 Å². The van der Waals surface area contributed by atoms with E-state index in [9.17, 15) is 4.79 Å². The molecular weight excluding hydrogens is 643 g/mol. The fourth-order valence-corrected chi connectivity index (χ4v) is 5.90. The molecule has 5 heteroatoms. The second-order valence-corrected chi connectivity index (χ2v) is 12.5. The Morgan fingerprint density at radius 3 is 1.27 bits per heavy atom. The molecule has 3 N–H and O–H groups in total. The third-order valence-electron chi connectivity index (χ3n) is 8.43. The van der Waals surface area contributed by atoms with Crippen LogP contribution in [0.15, 0.2) is 163 Å². The number of anilines is 2. The number of carbonyl (C=O) groups is 1. The van der Waals surface area contributed by atoms with Crippen LogP contribution in [0.1, 0.15) is 44.5 Å². The van der Waals surface area contributed by atoms with E-state index >= 15 is 0 Å². The fraction of sp³-hybridized carbons (Fsp3) is 0. The number of hydrogen-bond acceptors (Lipinski definition) is 3. The number of thiocarbonyl (C=S) groups is 1. The maximum atomic E-state index is 11.9. The standard InChI is InChI=1S/C46H35N3OS/c50-45-44(48-46(51)49-45)32-38-21-19-35(20-22-38)16-15-33-11-13-34(14-12-33)17-18-36-23-27-41(28-24-36)47-42-29-25-37(26-30-42)31-43(39-7-3-1-4-8-39)40-9-5-2-6-10-40/h1-32,47H,(H2,48,49,50,51). The molecule has 6 aromatic carbocycles. The van der Waals surface area contributed by atoms with Gasteiger partial charge in [-0.3, -0.25) is 10.1 Å². The second kappa shape index (κ2) is 15.8. The number of benzene rings is 6. The normalized spacial score (nSPS) is 13.4. The molecule has 246 valence electrons. The number of carbonyl (C=O) groups excluding carboxylic acids is 1. The highest BCUT2D eigenvalue weighted by atomic mass is 32.1. The average molecular weight is 678 g/mol. The van der Waals surface area contributed by atoms with Crippen LogP contribution in [-0.4, -0.2) is 11.0 Å². The predicted molar refractivity (Wildman–Crippen MR) is 219 cm³/mol. The molecule has 1 aliphatic rings. The smallest absolute Gasteiger partial charge is 0.273 e. The van der Waals surface area contributed by atoms with Crippen LogP contribution >= 0.6 is 12.2 Å². The largest absolute Gasteiger partial charge is 0.356 e. The quantitative estimate of drug-likeness (QED) is 0.0767. The predicted octanol–water partition coefficient (Wildman–Crippen LogP) is 10.7. The molecule has 0 radical (unpaired) electrons. The monoisotopic (exact) mass is 677 g/mol. The van der Waals surface area contributed by atoms with E-state index < -0.39 is 0 Å². The van der Waals surface area contributed by atoms with E-state index in [2.05, 4.69) is 168 Å². The Bertz CT molecular complexity index is 2210. The Balaban J connectivity index is 0.933. The van der Waals surface area contributed by atoms with E-state index in [1.54, 1.807) is 6.08 Å². The fourth-order valence-electron chi connectivity index (χ4n) is 5.70. The number of rotatable bonds is 10. The van der Waals surface area contributed by atoms with E-state index in [4.69, 9.17) is 12.2 Å². The Morgan fingerprint density at radius 2 is 0.863 bits per heavy atom. The van der Waals surface area contributed by atoms with Gasteiger partial charge in [0.15, 0.2) is 5.11 Å². The van der Waals surface area contributed by atoms with Crippen LogP contribution < -0.4 is 16.0 Å². The van der Waals surface area contributed by atoms with Crippen molar-refractivity contribution >= 4 is 76.6 Å². The summed E-state index contributed by atoms with van der Waals surface area (Å²) in [5.74, 6) is -0.211. The van der Waals surface area contributed by atoms with Crippen LogP contribution in [0.3, 0.4) is 0 Å². The van der Waals surface area contributed by atoms with E-state index in [0.29, 0.717) is 10.8 Å². The molecule has 0 saturated carbocycles. The van der Waals surface area contributed by atoms with Crippen molar-refractivity contribution in [3.63, 3.8) is 0 Å². The Kier molecular flexibility index (Phi) is 10.2. The highest BCUT2D eigenvalue weighted by molar-refractivity contribution is 7.80. The van der Waals surface area contributed by atoms with Gasteiger partial charge < -0.3 is 10.6 Å². The van der Waals surface area contributed by atoms with Gasteiger partial charge in [-0.25, -0.2) is 0 Å². The van der Waals surface area contributed by atoms with E-state index in [0.717, 1.165) is 44.8 Å². The molecule has 1 fully saturated rings. The summed E-state index contributed by atoms with van der Waals surface area (Å²) in [5.41, 5.74) is 12.6. The highest BCUT2D eigenvalue weighted by Gasteiger charge is 2.19. The van der Waals surface area contributed by atoms with Gasteiger partial charge in [-0.1, -0.05) is 158 Å². The zero-order chi connectivity index (χ0) is 34.8. The molecule has 0 bridgehead atoms. The minimum atomic E-state index is -0.211. The first-order valence-electron chi connectivity index (χ1n) is 16.7. The minimum Gasteiger partial charge on any atom is -0.356 e. The maximum absolute atomic E-state index is 11.9. The van der Waals surface area contributed by atoms with Gasteiger partial charge in [0, 0.05) is 11.4 Å². The summed E-state index contributed by atoms with van der Waals surface area (Å²) >= 11 is 4.99. The van der Waals surface area contributed by atoms with Gasteiger partial charge in [0.1, 0.15) is 5.70 Å². The summed E-state index contributed by atoms with van der Waals surface area (Å²) in [6.07, 6.45) is 12.4. The lowest BCUT2D eigenvalue weighted by Gasteiger charge is -2.10. The molecule has 51 heavy (non-hydrogen) atoms. The van der Waals surface area contributed by atoms with Gasteiger partial charge in [0.05, 0.1) is 0 Å². The summed E-state index contributed by atoms with van der Waals surface area (Å²) in [6, 6.07) is 54.5. The van der Waals surface area contributed by atoms with Crippen LogP contribution in [0.25, 0.3) is 42.0 Å². The SMILES string of the molecule is O=C1NC(=S)NC1=Cc1ccc(C=Cc2ccc(C=Cc3ccc(Nc4ccc(C=C(c5ccccc5)c5ccccc5)cc4)cc3)cc2)cc1. The molecule has 0 unspecified atom stereocenters. The van der Waals surface area contributed by atoms with Crippen molar-refractivity contribution < 1.29 is 4.79 Å². The zero-order valence-electron chi connectivity index (χ0n) is 27.8. The summed E-state index contributed by atoms with van der Waals surface area (Å²) in [7, 11) is 0. The molecule has 0 aliphatic carbocycles. The molecule has 1 amide bonds. The molecular formula is C46H35N3OS. The van der Waals surface area contributed by atoms with Gasteiger partial charge in [-0.05, 0) is 98.7 Å². The molecule has 7 rings (SSSR count). The molecule has 4 nitrogen and oxygen atoms in total. The first kappa shape index (κ1) is 33.0. The first-order valence-corrected chi connectivity index (χ1v) is 17.1. The summed E-state index contributed by atoms with van der Waals surface area (Å²) < 4.78 is 0. The van der Waals surface area contributed by atoms with Crippen molar-refractivity contribution in [2.45, 2.75) is 0 Å². The van der Waals surface area contributed by atoms with Gasteiger partial charge in [-0.2, -0.15) is 0 Å². The Morgan fingerprint density at radius 1 is 0.471 bits per heavy atom. The van der Waals surface area contributed by atoms with Gasteiger partial charge in [0.25, 0.3) is 5.91 Å². The molecule has 1 saturated heterocycles. The van der Waals surface area contributed by atoms with Crippen molar-refractivity contribution in [1.29, 1.82) is 0 Å². The molecule has 1 heterocycles. The lowest BCUT2D eigenvalue weighted by atomic mass is 9.96. The van der Waals surface area contributed by atoms with Crippen molar-refractivity contribution in [3.8, 4) is 0 Å². The van der Waals surface area contributed by atoms with Crippen molar-refractivity contribution in [2.24, 2.45) is 0 Å². The van der Waals surface area contributed by atoms with Crippen LogP contribution in [0.2, 0.25) is 0 Å². The third-order valence-corrected chi connectivity index (χ3v) is 8.64. The molecule has 0 atom stereocenters. The summed E-state index contributed by atoms with van der Waals surface area (Å²) in [4.78, 5) is 11.9. The zero-order valence-corrected chi connectivity index (χ0v) is 28.6. The number of nitrogens with one attached hydrogen (secondary N) is 3. The number of amides is 1. The highest BCUT2D eigenvalue weighted by Crippen LogP contribution is 2.27. The van der Waals surface area contributed by atoms with Crippen molar-refractivity contribution in [1.82, 2.24) is 10.6 Å². The van der Waals surface area contributed by atoms with Gasteiger partial charge >= 0.3 is 0 Å². The molecule has 1 aliphatic heterocycles. The van der Waals surface area contributed by atoms with E-state index in [-0.39, 0.29) is 5.91 Å². The van der Waals surface area contributed by atoms with Gasteiger partial charge in [0.2, 0.25) is 0 Å². The lowest BCUT2D eigenvalue weighted by Crippen LogP contribution is -2.21. The van der Waals surface area contributed by atoms with Crippen LogP contribution in [0.4, 0.5) is 11.4 Å². The van der Waals surface area contributed by atoms with Gasteiger partial charge in [-0.15, -0.1) is 0 Å². The topological polar surface area (TPSA) is 53.2 Å². The molecule has 6 aromatic rings. The molecule has 0 spiro atoms. The maximum Gasteiger partial charge on any atom is 0.273 e. The van der Waals surface area contributed by atoms with Crippen LogP contribution in [-0.2, 0) is 4.79 Å². The van der Waals surface area contributed by atoms with Crippen molar-refractivity contribution in [3.05, 3.63) is 208 Å². The van der Waals surface area contributed by atoms with Crippen LogP contribution in [0.5, 0.6) is 0 Å². The third kappa shape index (κ3) is 8.92. The molecule has 0 aromatic heterocycles. The average Bonchev–Trinajstić information content (AvgIpc) is 3.50. The number of hydrogen-bond donors (Lipinski definition) is 3. The first-order chi connectivity index (χ1) is 25.0. The van der Waals surface area contributed by atoms with E-state index in [1.807, 2.05) is 36.4 Å². The van der Waals surface area contributed by atoms with Crippen molar-refractivity contribution in [2.75, 3.05) is 5.32 Å².